The first-order valence-electron chi connectivity index (χ1n) is 14.4. The lowest BCUT2D eigenvalue weighted by atomic mass is 9.93. The Kier molecular flexibility index (Phi) is 7.16. The number of aromatic nitrogens is 1. The van der Waals surface area contributed by atoms with Gasteiger partial charge in [-0.3, -0.25) is 9.36 Å². The Balaban J connectivity index is 1.55. The summed E-state index contributed by atoms with van der Waals surface area (Å²) < 4.78 is 13.1. The Bertz CT molecular complexity index is 2210. The van der Waals surface area contributed by atoms with Crippen molar-refractivity contribution in [3.63, 3.8) is 0 Å². The van der Waals surface area contributed by atoms with Crippen LogP contribution in [0.2, 0.25) is 0 Å². The molecule has 44 heavy (non-hydrogen) atoms. The summed E-state index contributed by atoms with van der Waals surface area (Å²) in [5.41, 5.74) is 3.08. The maximum absolute atomic E-state index is 14.4. The molecule has 0 aliphatic carbocycles. The van der Waals surface area contributed by atoms with Gasteiger partial charge in [0.2, 0.25) is 0 Å². The zero-order valence-electron chi connectivity index (χ0n) is 24.2. The third-order valence-electron chi connectivity index (χ3n) is 7.89. The zero-order valence-corrected chi connectivity index (χ0v) is 25.0. The Morgan fingerprint density at radius 1 is 0.886 bits per heavy atom. The Hall–Kier alpha value is -5.27. The van der Waals surface area contributed by atoms with Crippen LogP contribution < -0.4 is 19.6 Å². The van der Waals surface area contributed by atoms with Crippen molar-refractivity contribution in [3.05, 3.63) is 151 Å². The summed E-state index contributed by atoms with van der Waals surface area (Å²) in [6.45, 7) is 1.96. The van der Waals surface area contributed by atoms with Crippen LogP contribution >= 0.6 is 11.3 Å². The van der Waals surface area contributed by atoms with E-state index in [1.807, 2.05) is 84.9 Å². The molecule has 1 aromatic heterocycles. The van der Waals surface area contributed by atoms with E-state index in [2.05, 4.69) is 30.3 Å². The number of carbonyl (C=O) groups excluding carboxylic acids is 1. The van der Waals surface area contributed by atoms with Crippen molar-refractivity contribution in [2.45, 2.75) is 13.0 Å². The van der Waals surface area contributed by atoms with E-state index in [0.717, 1.165) is 38.2 Å². The summed E-state index contributed by atoms with van der Waals surface area (Å²) >= 11 is 1.32. The fourth-order valence-electron chi connectivity index (χ4n) is 5.88. The van der Waals surface area contributed by atoms with E-state index < -0.39 is 12.0 Å². The summed E-state index contributed by atoms with van der Waals surface area (Å²) in [6.07, 6.45) is 1.97. The highest BCUT2D eigenvalue weighted by molar-refractivity contribution is 7.07. The van der Waals surface area contributed by atoms with Crippen molar-refractivity contribution in [1.82, 2.24) is 4.57 Å². The van der Waals surface area contributed by atoms with Crippen molar-refractivity contribution in [1.29, 1.82) is 0 Å². The van der Waals surface area contributed by atoms with Crippen molar-refractivity contribution < 1.29 is 14.3 Å². The van der Waals surface area contributed by atoms with Crippen LogP contribution in [0.5, 0.6) is 5.75 Å². The molecule has 7 rings (SSSR count). The lowest BCUT2D eigenvalue weighted by Crippen LogP contribution is -2.40. The van der Waals surface area contributed by atoms with Gasteiger partial charge in [0.25, 0.3) is 5.56 Å². The maximum atomic E-state index is 14.4. The fraction of sp³-hybridized carbons (Fsp3) is 0.108. The standard InChI is InChI=1S/C37H28N2O4S/c1-3-43-36(41)32-33(23-11-5-4-6-12-23)38-37-39(34(32)24-17-19-27(42-2)20-18-24)35(40)31(44-37)22-30-28-15-9-7-13-25(28)21-26-14-8-10-16-29(26)30/h4-22,34H,3H2,1-2H3/b31-22-/t34-/m1/s1. The molecular formula is C37H28N2O4S. The molecule has 0 unspecified atom stereocenters. The van der Waals surface area contributed by atoms with Crippen LogP contribution in [0.25, 0.3) is 33.3 Å². The molecule has 0 fully saturated rings. The highest BCUT2D eigenvalue weighted by atomic mass is 32.1. The first-order chi connectivity index (χ1) is 21.6. The van der Waals surface area contributed by atoms with Crippen LogP contribution in [-0.2, 0) is 9.53 Å². The van der Waals surface area contributed by atoms with E-state index in [1.165, 1.54) is 11.3 Å². The number of fused-ring (bicyclic) bond motifs is 3. The van der Waals surface area contributed by atoms with Crippen LogP contribution in [0.4, 0.5) is 0 Å². The number of carbonyl (C=O) groups is 1. The number of thiazole rings is 1. The second-order valence-corrected chi connectivity index (χ2v) is 11.4. The first-order valence-corrected chi connectivity index (χ1v) is 15.2. The molecule has 216 valence electrons. The molecule has 0 amide bonds. The summed E-state index contributed by atoms with van der Waals surface area (Å²) in [7, 11) is 1.60. The Morgan fingerprint density at radius 2 is 1.52 bits per heavy atom. The van der Waals surface area contributed by atoms with E-state index in [4.69, 9.17) is 14.5 Å². The number of ether oxygens (including phenoxy) is 2. The minimum absolute atomic E-state index is 0.193. The molecule has 5 aromatic carbocycles. The fourth-order valence-corrected chi connectivity index (χ4v) is 6.86. The first kappa shape index (κ1) is 27.6. The largest absolute Gasteiger partial charge is 0.497 e. The van der Waals surface area contributed by atoms with Crippen LogP contribution in [-0.4, -0.2) is 24.3 Å². The molecule has 1 aliphatic rings. The third kappa shape index (κ3) is 4.71. The predicted molar refractivity (Wildman–Crippen MR) is 176 cm³/mol. The molecule has 2 heterocycles. The van der Waals surface area contributed by atoms with Crippen LogP contribution in [0.15, 0.2) is 125 Å². The molecule has 0 radical (unpaired) electrons. The highest BCUT2D eigenvalue weighted by Gasteiger charge is 2.35. The molecule has 1 atom stereocenters. The van der Waals surface area contributed by atoms with E-state index >= 15 is 0 Å². The molecule has 0 saturated carbocycles. The average Bonchev–Trinajstić information content (AvgIpc) is 3.38. The zero-order chi connectivity index (χ0) is 30.2. The second-order valence-electron chi connectivity index (χ2n) is 10.4. The molecule has 1 aliphatic heterocycles. The Morgan fingerprint density at radius 3 is 2.16 bits per heavy atom. The lowest BCUT2D eigenvalue weighted by Gasteiger charge is -2.26. The Labute approximate surface area is 257 Å². The minimum atomic E-state index is -0.752. The number of nitrogens with zero attached hydrogens (tertiary/aromatic N) is 2. The van der Waals surface area contributed by atoms with Gasteiger partial charge in [-0.15, -0.1) is 0 Å². The van der Waals surface area contributed by atoms with Crippen molar-refractivity contribution in [3.8, 4) is 5.75 Å². The van der Waals surface area contributed by atoms with Crippen molar-refractivity contribution >= 4 is 50.6 Å². The molecule has 0 N–H and O–H groups in total. The summed E-state index contributed by atoms with van der Waals surface area (Å²) in [6, 6.07) is 34.8. The van der Waals surface area contributed by atoms with Gasteiger partial charge >= 0.3 is 5.97 Å². The minimum Gasteiger partial charge on any atom is -0.497 e. The molecule has 0 saturated heterocycles. The normalized spacial score (nSPS) is 14.9. The van der Waals surface area contributed by atoms with Gasteiger partial charge < -0.3 is 9.47 Å². The maximum Gasteiger partial charge on any atom is 0.338 e. The van der Waals surface area contributed by atoms with Gasteiger partial charge in [0, 0.05) is 5.56 Å². The third-order valence-corrected chi connectivity index (χ3v) is 8.88. The number of hydrogen-bond donors (Lipinski definition) is 0. The molecule has 0 spiro atoms. The second kappa shape index (κ2) is 11.4. The smallest absolute Gasteiger partial charge is 0.338 e. The number of esters is 1. The van der Waals surface area contributed by atoms with Gasteiger partial charge in [-0.1, -0.05) is 102 Å². The molecule has 7 heteroatoms. The van der Waals surface area contributed by atoms with Gasteiger partial charge in [0.05, 0.1) is 35.6 Å². The summed E-state index contributed by atoms with van der Waals surface area (Å²) in [5, 5.41) is 4.30. The van der Waals surface area contributed by atoms with Gasteiger partial charge in [0.15, 0.2) is 4.80 Å². The SMILES string of the molecule is CCOC(=O)C1=C(c2ccccc2)N=c2s/c(=C\c3c4ccccc4cc4ccccc34)c(=O)n2[C@@H]1c1ccc(OC)cc1. The molecule has 0 bridgehead atoms. The van der Waals surface area contributed by atoms with Gasteiger partial charge in [-0.05, 0) is 63.9 Å². The topological polar surface area (TPSA) is 69.9 Å². The van der Waals surface area contributed by atoms with Crippen molar-refractivity contribution in [2.75, 3.05) is 13.7 Å². The van der Waals surface area contributed by atoms with E-state index in [9.17, 15) is 9.59 Å². The van der Waals surface area contributed by atoms with Crippen LogP contribution in [0, 0.1) is 0 Å². The monoisotopic (exact) mass is 596 g/mol. The summed E-state index contributed by atoms with van der Waals surface area (Å²) in [5.74, 6) is 0.166. The number of rotatable bonds is 6. The number of hydrogen-bond acceptors (Lipinski definition) is 6. The highest BCUT2D eigenvalue weighted by Crippen LogP contribution is 2.36. The average molecular weight is 597 g/mol. The lowest BCUT2D eigenvalue weighted by molar-refractivity contribution is -0.138. The van der Waals surface area contributed by atoms with Gasteiger partial charge in [-0.25, -0.2) is 9.79 Å². The van der Waals surface area contributed by atoms with Crippen molar-refractivity contribution in [2.24, 2.45) is 4.99 Å². The van der Waals surface area contributed by atoms with E-state index in [1.54, 1.807) is 18.6 Å². The number of methoxy groups -OCH3 is 1. The molecule has 6 aromatic rings. The predicted octanol–water partition coefficient (Wildman–Crippen LogP) is 6.25. The van der Waals surface area contributed by atoms with Gasteiger partial charge in [0.1, 0.15) is 5.75 Å². The van der Waals surface area contributed by atoms with Gasteiger partial charge in [-0.2, -0.15) is 0 Å². The van der Waals surface area contributed by atoms with E-state index in [-0.39, 0.29) is 12.2 Å². The van der Waals surface area contributed by atoms with E-state index in [0.29, 0.717) is 26.4 Å². The van der Waals surface area contributed by atoms with Crippen LogP contribution in [0.1, 0.15) is 29.7 Å². The van der Waals surface area contributed by atoms with Crippen LogP contribution in [0.3, 0.4) is 0 Å². The molecule has 6 nitrogen and oxygen atoms in total. The summed E-state index contributed by atoms with van der Waals surface area (Å²) in [4.78, 5) is 33.7. The quantitative estimate of drug-likeness (QED) is 0.168. The number of benzene rings is 5. The molecular weight excluding hydrogens is 568 g/mol.